The molecule has 1 heterocycles. The molecule has 0 saturated carbocycles. The van der Waals surface area contributed by atoms with Crippen molar-refractivity contribution in [2.24, 2.45) is 0 Å². The molecule has 0 N–H and O–H groups in total. The monoisotopic (exact) mass is 281 g/mol. The summed E-state index contributed by atoms with van der Waals surface area (Å²) >= 11 is 0. The van der Waals surface area contributed by atoms with Gasteiger partial charge in [0.15, 0.2) is 0 Å². The largest absolute Gasteiger partial charge is 0.465 e. The van der Waals surface area contributed by atoms with E-state index in [2.05, 4.69) is 4.90 Å². The quantitative estimate of drug-likeness (QED) is 0.782. The summed E-state index contributed by atoms with van der Waals surface area (Å²) in [6, 6.07) is 9.27. The second kappa shape index (κ2) is 6.82. The van der Waals surface area contributed by atoms with Crippen molar-refractivity contribution in [3.8, 4) is 0 Å². The minimum absolute atomic E-state index is 0.221. The highest BCUT2D eigenvalue weighted by Crippen LogP contribution is 2.23. The standard InChI is InChI=1S/C14H19NO3S/c1-2-18-14(16)13(12-6-4-3-5-7-12)15-8-10-19(17)11-9-15/h3-7,13H,2,8-11H2,1H3. The Morgan fingerprint density at radius 3 is 2.53 bits per heavy atom. The fourth-order valence-corrected chi connectivity index (χ4v) is 3.34. The molecular formula is C14H19NO3S. The van der Waals surface area contributed by atoms with Crippen LogP contribution in [0.5, 0.6) is 0 Å². The maximum Gasteiger partial charge on any atom is 0.328 e. The molecule has 0 spiro atoms. The molecule has 1 aromatic rings. The summed E-state index contributed by atoms with van der Waals surface area (Å²) in [6.45, 7) is 3.53. The molecule has 0 bridgehead atoms. The maximum absolute atomic E-state index is 12.2. The van der Waals surface area contributed by atoms with Crippen LogP contribution in [-0.2, 0) is 20.3 Å². The van der Waals surface area contributed by atoms with Crippen LogP contribution in [0.2, 0.25) is 0 Å². The number of nitrogens with zero attached hydrogens (tertiary/aromatic N) is 1. The van der Waals surface area contributed by atoms with Crippen LogP contribution in [0.4, 0.5) is 0 Å². The van der Waals surface area contributed by atoms with E-state index in [1.165, 1.54) is 0 Å². The van der Waals surface area contributed by atoms with Gasteiger partial charge in [-0.15, -0.1) is 0 Å². The SMILES string of the molecule is CCOC(=O)C(c1ccccc1)N1CCS(=O)CC1. The molecule has 1 aromatic carbocycles. The number of carbonyl (C=O) groups is 1. The molecule has 104 valence electrons. The van der Waals surface area contributed by atoms with Gasteiger partial charge in [-0.05, 0) is 12.5 Å². The first-order valence-corrected chi connectivity index (χ1v) is 8.01. The average molecular weight is 281 g/mol. The summed E-state index contributed by atoms with van der Waals surface area (Å²) in [6.07, 6.45) is 0. The zero-order valence-electron chi connectivity index (χ0n) is 11.1. The van der Waals surface area contributed by atoms with E-state index in [1.54, 1.807) is 0 Å². The highest BCUT2D eigenvalue weighted by atomic mass is 32.2. The van der Waals surface area contributed by atoms with Gasteiger partial charge in [0.2, 0.25) is 0 Å². The molecule has 5 heteroatoms. The zero-order chi connectivity index (χ0) is 13.7. The van der Waals surface area contributed by atoms with Gasteiger partial charge in [-0.1, -0.05) is 30.3 Å². The molecule has 1 unspecified atom stereocenters. The van der Waals surface area contributed by atoms with Crippen molar-refractivity contribution in [3.05, 3.63) is 35.9 Å². The zero-order valence-corrected chi connectivity index (χ0v) is 11.9. The fourth-order valence-electron chi connectivity index (χ4n) is 2.26. The first-order chi connectivity index (χ1) is 9.22. The lowest BCUT2D eigenvalue weighted by Crippen LogP contribution is -2.43. The van der Waals surface area contributed by atoms with Crippen molar-refractivity contribution in [1.29, 1.82) is 0 Å². The molecule has 0 aliphatic carbocycles. The second-order valence-corrected chi connectivity index (χ2v) is 6.15. The third-order valence-electron chi connectivity index (χ3n) is 3.20. The Morgan fingerprint density at radius 2 is 1.95 bits per heavy atom. The van der Waals surface area contributed by atoms with Gasteiger partial charge in [0.25, 0.3) is 0 Å². The van der Waals surface area contributed by atoms with Crippen molar-refractivity contribution in [3.63, 3.8) is 0 Å². The Labute approximate surface area is 116 Å². The molecule has 0 radical (unpaired) electrons. The summed E-state index contributed by atoms with van der Waals surface area (Å²) in [5.74, 6) is 1.03. The third-order valence-corrected chi connectivity index (χ3v) is 4.48. The van der Waals surface area contributed by atoms with Crippen molar-refractivity contribution in [1.82, 2.24) is 4.90 Å². The van der Waals surface area contributed by atoms with E-state index in [0.717, 1.165) is 5.56 Å². The molecule has 1 aliphatic rings. The summed E-state index contributed by atoms with van der Waals surface area (Å²) in [5, 5.41) is 0. The lowest BCUT2D eigenvalue weighted by molar-refractivity contribution is -0.149. The molecule has 1 aliphatic heterocycles. The van der Waals surface area contributed by atoms with Crippen molar-refractivity contribution < 1.29 is 13.7 Å². The first-order valence-electron chi connectivity index (χ1n) is 6.53. The molecule has 1 saturated heterocycles. The van der Waals surface area contributed by atoms with Crippen molar-refractivity contribution in [2.45, 2.75) is 13.0 Å². The number of hydrogen-bond acceptors (Lipinski definition) is 4. The van der Waals surface area contributed by atoms with Gasteiger partial charge < -0.3 is 4.74 Å². The normalized spacial score (nSPS) is 19.0. The topological polar surface area (TPSA) is 46.6 Å². The van der Waals surface area contributed by atoms with Crippen LogP contribution in [0.1, 0.15) is 18.5 Å². The van der Waals surface area contributed by atoms with E-state index in [9.17, 15) is 9.00 Å². The van der Waals surface area contributed by atoms with Gasteiger partial charge >= 0.3 is 5.97 Å². The number of carbonyl (C=O) groups excluding carboxylic acids is 1. The number of rotatable bonds is 4. The predicted octanol–water partition coefficient (Wildman–Crippen LogP) is 1.36. The van der Waals surface area contributed by atoms with E-state index in [-0.39, 0.29) is 12.0 Å². The fraction of sp³-hybridized carbons (Fsp3) is 0.500. The van der Waals surface area contributed by atoms with Gasteiger partial charge in [-0.3, -0.25) is 9.11 Å². The minimum atomic E-state index is -0.745. The van der Waals surface area contributed by atoms with Crippen LogP contribution in [0.3, 0.4) is 0 Å². The van der Waals surface area contributed by atoms with Gasteiger partial charge in [-0.2, -0.15) is 0 Å². The van der Waals surface area contributed by atoms with E-state index >= 15 is 0 Å². The summed E-state index contributed by atoms with van der Waals surface area (Å²) in [4.78, 5) is 14.2. The third kappa shape index (κ3) is 3.64. The van der Waals surface area contributed by atoms with Crippen LogP contribution in [-0.4, -0.2) is 46.3 Å². The molecule has 1 atom stereocenters. The van der Waals surface area contributed by atoms with Gasteiger partial charge in [0.05, 0.1) is 6.61 Å². The molecule has 2 rings (SSSR count). The Kier molecular flexibility index (Phi) is 5.10. The maximum atomic E-state index is 12.2. The van der Waals surface area contributed by atoms with E-state index in [1.807, 2.05) is 37.3 Å². The summed E-state index contributed by atoms with van der Waals surface area (Å²) in [5.41, 5.74) is 0.939. The highest BCUT2D eigenvalue weighted by molar-refractivity contribution is 7.85. The van der Waals surface area contributed by atoms with Gasteiger partial charge in [0.1, 0.15) is 6.04 Å². The van der Waals surface area contributed by atoms with Crippen molar-refractivity contribution >= 4 is 16.8 Å². The van der Waals surface area contributed by atoms with Crippen LogP contribution in [0.25, 0.3) is 0 Å². The minimum Gasteiger partial charge on any atom is -0.465 e. The molecule has 19 heavy (non-hydrogen) atoms. The molecular weight excluding hydrogens is 262 g/mol. The lowest BCUT2D eigenvalue weighted by atomic mass is 10.1. The van der Waals surface area contributed by atoms with E-state index < -0.39 is 10.8 Å². The van der Waals surface area contributed by atoms with Crippen LogP contribution in [0.15, 0.2) is 30.3 Å². The Bertz CT molecular complexity index is 439. The summed E-state index contributed by atoms with van der Waals surface area (Å²) < 4.78 is 16.6. The highest BCUT2D eigenvalue weighted by Gasteiger charge is 2.31. The van der Waals surface area contributed by atoms with Gasteiger partial charge in [-0.25, -0.2) is 4.79 Å². The Balaban J connectivity index is 2.19. The number of hydrogen-bond donors (Lipinski definition) is 0. The smallest absolute Gasteiger partial charge is 0.328 e. The van der Waals surface area contributed by atoms with Crippen molar-refractivity contribution in [2.75, 3.05) is 31.2 Å². The first kappa shape index (κ1) is 14.2. The summed E-state index contributed by atoms with van der Waals surface area (Å²) in [7, 11) is -0.745. The van der Waals surface area contributed by atoms with E-state index in [4.69, 9.17) is 4.74 Å². The van der Waals surface area contributed by atoms with Crippen LogP contribution in [0, 0.1) is 0 Å². The predicted molar refractivity (Wildman–Crippen MR) is 75.3 cm³/mol. The Hall–Kier alpha value is -1.20. The van der Waals surface area contributed by atoms with Crippen LogP contribution < -0.4 is 0 Å². The lowest BCUT2D eigenvalue weighted by Gasteiger charge is -2.32. The molecule has 0 amide bonds. The van der Waals surface area contributed by atoms with Gasteiger partial charge in [0, 0.05) is 35.4 Å². The number of benzene rings is 1. The molecule has 4 nitrogen and oxygen atoms in total. The number of esters is 1. The second-order valence-electron chi connectivity index (χ2n) is 4.45. The number of ether oxygens (including phenoxy) is 1. The molecule has 1 fully saturated rings. The molecule has 0 aromatic heterocycles. The van der Waals surface area contributed by atoms with Crippen LogP contribution >= 0.6 is 0 Å². The van der Waals surface area contributed by atoms with E-state index in [0.29, 0.717) is 31.2 Å². The Morgan fingerprint density at radius 1 is 1.32 bits per heavy atom. The average Bonchev–Trinajstić information content (AvgIpc) is 2.43.